The van der Waals surface area contributed by atoms with Crippen molar-refractivity contribution in [3.05, 3.63) is 58.4 Å². The summed E-state index contributed by atoms with van der Waals surface area (Å²) in [7, 11) is 0. The Balaban J connectivity index is 2.00. The summed E-state index contributed by atoms with van der Waals surface area (Å²) < 4.78 is 1.26. The average molecular weight is 346 g/mol. The van der Waals surface area contributed by atoms with Gasteiger partial charge in [-0.05, 0) is 32.8 Å². The topological polar surface area (TPSA) is 110 Å². The van der Waals surface area contributed by atoms with Crippen LogP contribution in [0.25, 0.3) is 0 Å². The number of nitrogens with one attached hydrogen (secondary N) is 1. The van der Waals surface area contributed by atoms with Crippen LogP contribution in [-0.2, 0) is 10.3 Å². The Labute approximate surface area is 145 Å². The highest BCUT2D eigenvalue weighted by Crippen LogP contribution is 2.21. The molecule has 0 aliphatic rings. The van der Waals surface area contributed by atoms with Crippen LogP contribution in [0.2, 0.25) is 0 Å². The van der Waals surface area contributed by atoms with E-state index in [1.807, 2.05) is 30.3 Å². The van der Waals surface area contributed by atoms with Gasteiger partial charge in [0.1, 0.15) is 17.9 Å². The number of aliphatic hydroxyl groups excluding tert-OH is 1. The van der Waals surface area contributed by atoms with Crippen LogP contribution in [0, 0.1) is 10.1 Å². The second-order valence-electron chi connectivity index (χ2n) is 6.50. The van der Waals surface area contributed by atoms with E-state index >= 15 is 0 Å². The Bertz CT molecular complexity index is 742. The van der Waals surface area contributed by atoms with E-state index in [1.54, 1.807) is 20.8 Å². The summed E-state index contributed by atoms with van der Waals surface area (Å²) in [6.45, 7) is 5.05. The van der Waals surface area contributed by atoms with Crippen LogP contribution in [0.3, 0.4) is 0 Å². The zero-order valence-electron chi connectivity index (χ0n) is 14.4. The molecule has 2 atom stereocenters. The zero-order chi connectivity index (χ0) is 18.6. The molecular weight excluding hydrogens is 324 g/mol. The summed E-state index contributed by atoms with van der Waals surface area (Å²) in [5, 5.41) is 27.8. The first kappa shape index (κ1) is 18.6. The summed E-state index contributed by atoms with van der Waals surface area (Å²) in [5.74, 6) is -0.335. The van der Waals surface area contributed by atoms with E-state index in [2.05, 4.69) is 10.4 Å². The van der Waals surface area contributed by atoms with Crippen molar-refractivity contribution in [2.45, 2.75) is 44.9 Å². The first-order chi connectivity index (χ1) is 11.7. The molecule has 1 amide bonds. The largest absolute Gasteiger partial charge is 0.388 e. The SMILES string of the molecule is CC(CC(O)c1ccccc1)NC(=O)C(C)(C)n1cc([N+](=O)[O-])cn1. The second kappa shape index (κ2) is 7.43. The first-order valence-electron chi connectivity index (χ1n) is 7.95. The van der Waals surface area contributed by atoms with Gasteiger partial charge in [-0.25, -0.2) is 0 Å². The highest BCUT2D eigenvalue weighted by molar-refractivity contribution is 5.83. The number of nitrogens with zero attached hydrogens (tertiary/aromatic N) is 3. The lowest BCUT2D eigenvalue weighted by Gasteiger charge is -2.27. The van der Waals surface area contributed by atoms with Gasteiger partial charge in [0.05, 0.1) is 11.0 Å². The van der Waals surface area contributed by atoms with Crippen molar-refractivity contribution in [1.29, 1.82) is 0 Å². The fraction of sp³-hybridized carbons (Fsp3) is 0.412. The monoisotopic (exact) mass is 346 g/mol. The van der Waals surface area contributed by atoms with E-state index in [1.165, 1.54) is 10.9 Å². The summed E-state index contributed by atoms with van der Waals surface area (Å²) >= 11 is 0. The lowest BCUT2D eigenvalue weighted by Crippen LogP contribution is -2.48. The summed E-state index contributed by atoms with van der Waals surface area (Å²) in [4.78, 5) is 22.8. The minimum Gasteiger partial charge on any atom is -0.388 e. The van der Waals surface area contributed by atoms with Gasteiger partial charge < -0.3 is 10.4 Å². The average Bonchev–Trinajstić information content (AvgIpc) is 3.06. The number of rotatable bonds is 7. The van der Waals surface area contributed by atoms with Crippen molar-refractivity contribution in [2.24, 2.45) is 0 Å². The number of hydrogen-bond donors (Lipinski definition) is 2. The number of aromatic nitrogens is 2. The molecule has 0 bridgehead atoms. The molecule has 1 aromatic heterocycles. The van der Waals surface area contributed by atoms with Crippen molar-refractivity contribution in [2.75, 3.05) is 0 Å². The Morgan fingerprint density at radius 1 is 1.40 bits per heavy atom. The molecule has 2 aromatic rings. The van der Waals surface area contributed by atoms with Gasteiger partial charge >= 0.3 is 5.69 Å². The molecule has 8 heteroatoms. The van der Waals surface area contributed by atoms with E-state index in [9.17, 15) is 20.0 Å². The second-order valence-corrected chi connectivity index (χ2v) is 6.50. The molecule has 1 aromatic carbocycles. The molecule has 2 rings (SSSR count). The van der Waals surface area contributed by atoms with E-state index in [4.69, 9.17) is 0 Å². The van der Waals surface area contributed by atoms with Crippen LogP contribution in [0.15, 0.2) is 42.7 Å². The van der Waals surface area contributed by atoms with Crippen LogP contribution in [0.4, 0.5) is 5.69 Å². The molecule has 1 heterocycles. The van der Waals surface area contributed by atoms with Crippen LogP contribution in [0.5, 0.6) is 0 Å². The fourth-order valence-corrected chi connectivity index (χ4v) is 2.42. The van der Waals surface area contributed by atoms with E-state index in [0.29, 0.717) is 6.42 Å². The molecule has 0 spiro atoms. The van der Waals surface area contributed by atoms with E-state index in [-0.39, 0.29) is 17.6 Å². The normalized spacial score (nSPS) is 13.9. The van der Waals surface area contributed by atoms with E-state index in [0.717, 1.165) is 11.8 Å². The maximum atomic E-state index is 12.5. The third-order valence-electron chi connectivity index (χ3n) is 4.05. The molecule has 0 aliphatic heterocycles. The molecule has 0 saturated heterocycles. The quantitative estimate of drug-likeness (QED) is 0.589. The maximum absolute atomic E-state index is 12.5. The molecule has 2 N–H and O–H groups in total. The fourth-order valence-electron chi connectivity index (χ4n) is 2.42. The standard InChI is InChI=1S/C17H22N4O4/c1-12(9-15(22)13-7-5-4-6-8-13)19-16(23)17(2,3)20-11-14(10-18-20)21(24)25/h4-8,10-12,15,22H,9H2,1-3H3,(H,19,23). The molecule has 8 nitrogen and oxygen atoms in total. The molecule has 2 unspecified atom stereocenters. The number of aliphatic hydroxyl groups is 1. The number of benzene rings is 1. The van der Waals surface area contributed by atoms with Crippen molar-refractivity contribution in [3.63, 3.8) is 0 Å². The Morgan fingerprint density at radius 2 is 2.04 bits per heavy atom. The summed E-state index contributed by atoms with van der Waals surface area (Å²) in [5.41, 5.74) is -0.487. The van der Waals surface area contributed by atoms with Gasteiger partial charge in [-0.15, -0.1) is 0 Å². The van der Waals surface area contributed by atoms with Crippen molar-refractivity contribution in [1.82, 2.24) is 15.1 Å². The predicted molar refractivity (Wildman–Crippen MR) is 91.8 cm³/mol. The van der Waals surface area contributed by atoms with Gasteiger partial charge in [-0.2, -0.15) is 5.10 Å². The third-order valence-corrected chi connectivity index (χ3v) is 4.05. The predicted octanol–water partition coefficient (Wildman–Crippen LogP) is 2.15. The van der Waals surface area contributed by atoms with Gasteiger partial charge in [-0.1, -0.05) is 30.3 Å². The van der Waals surface area contributed by atoms with Crippen LogP contribution < -0.4 is 5.32 Å². The van der Waals surface area contributed by atoms with Crippen LogP contribution in [0.1, 0.15) is 38.9 Å². The number of nitro groups is 1. The van der Waals surface area contributed by atoms with Gasteiger partial charge in [-0.3, -0.25) is 19.6 Å². The lowest BCUT2D eigenvalue weighted by molar-refractivity contribution is -0.385. The van der Waals surface area contributed by atoms with Gasteiger partial charge in [0, 0.05) is 6.04 Å². The minimum atomic E-state index is -1.10. The summed E-state index contributed by atoms with van der Waals surface area (Å²) in [6.07, 6.45) is 2.00. The van der Waals surface area contributed by atoms with Crippen molar-refractivity contribution >= 4 is 11.6 Å². The highest BCUT2D eigenvalue weighted by Gasteiger charge is 2.33. The molecule has 0 fully saturated rings. The molecule has 0 radical (unpaired) electrons. The Kier molecular flexibility index (Phi) is 5.53. The summed E-state index contributed by atoms with van der Waals surface area (Å²) in [6, 6.07) is 8.92. The minimum absolute atomic E-state index is 0.173. The molecule has 0 saturated carbocycles. The third kappa shape index (κ3) is 4.42. The van der Waals surface area contributed by atoms with Gasteiger partial charge in [0.2, 0.25) is 5.91 Å². The van der Waals surface area contributed by atoms with Crippen LogP contribution in [-0.4, -0.2) is 31.8 Å². The Hall–Kier alpha value is -2.74. The lowest BCUT2D eigenvalue weighted by atomic mass is 10.0. The smallest absolute Gasteiger partial charge is 0.307 e. The molecule has 134 valence electrons. The van der Waals surface area contributed by atoms with Gasteiger partial charge in [0.25, 0.3) is 0 Å². The Morgan fingerprint density at radius 3 is 2.60 bits per heavy atom. The molecular formula is C17H22N4O4. The highest BCUT2D eigenvalue weighted by atomic mass is 16.6. The maximum Gasteiger partial charge on any atom is 0.307 e. The number of carbonyl (C=O) groups is 1. The van der Waals surface area contributed by atoms with Gasteiger partial charge in [0.15, 0.2) is 0 Å². The first-order valence-corrected chi connectivity index (χ1v) is 7.95. The molecule has 0 aliphatic carbocycles. The number of carbonyl (C=O) groups excluding carboxylic acids is 1. The molecule has 25 heavy (non-hydrogen) atoms. The van der Waals surface area contributed by atoms with E-state index < -0.39 is 16.6 Å². The van der Waals surface area contributed by atoms with Crippen molar-refractivity contribution < 1.29 is 14.8 Å². The zero-order valence-corrected chi connectivity index (χ0v) is 14.4. The number of amides is 1. The number of hydrogen-bond acceptors (Lipinski definition) is 5. The van der Waals surface area contributed by atoms with Crippen molar-refractivity contribution in [3.8, 4) is 0 Å². The van der Waals surface area contributed by atoms with Crippen LogP contribution >= 0.6 is 0 Å².